The van der Waals surface area contributed by atoms with Crippen LogP contribution in [0.25, 0.3) is 0 Å². The summed E-state index contributed by atoms with van der Waals surface area (Å²) in [5.74, 6) is 0. The summed E-state index contributed by atoms with van der Waals surface area (Å²) >= 11 is 1.77. The SMILES string of the molecule is c1cc(CN2CCc3ncsc3C2)co1. The van der Waals surface area contributed by atoms with E-state index in [1.165, 1.54) is 16.1 Å². The van der Waals surface area contributed by atoms with Crippen molar-refractivity contribution < 1.29 is 4.42 Å². The molecule has 4 heteroatoms. The zero-order valence-electron chi connectivity index (χ0n) is 8.35. The lowest BCUT2D eigenvalue weighted by atomic mass is 10.1. The molecule has 0 saturated heterocycles. The van der Waals surface area contributed by atoms with Gasteiger partial charge >= 0.3 is 0 Å². The van der Waals surface area contributed by atoms with Gasteiger partial charge in [0.05, 0.1) is 23.7 Å². The van der Waals surface area contributed by atoms with E-state index in [1.54, 1.807) is 17.6 Å². The predicted molar refractivity (Wildman–Crippen MR) is 58.6 cm³/mol. The number of furan rings is 1. The molecule has 0 aliphatic carbocycles. The fourth-order valence-corrected chi connectivity index (χ4v) is 2.80. The largest absolute Gasteiger partial charge is 0.472 e. The molecule has 3 heterocycles. The van der Waals surface area contributed by atoms with Crippen LogP contribution in [0.5, 0.6) is 0 Å². The van der Waals surface area contributed by atoms with Crippen LogP contribution in [0.4, 0.5) is 0 Å². The average molecular weight is 220 g/mol. The first kappa shape index (κ1) is 9.12. The molecule has 0 spiro atoms. The highest BCUT2D eigenvalue weighted by Gasteiger charge is 2.18. The lowest BCUT2D eigenvalue weighted by molar-refractivity contribution is 0.246. The molecular weight excluding hydrogens is 208 g/mol. The van der Waals surface area contributed by atoms with Crippen LogP contribution in [-0.4, -0.2) is 16.4 Å². The van der Waals surface area contributed by atoms with Crippen molar-refractivity contribution in [2.45, 2.75) is 19.5 Å². The number of fused-ring (bicyclic) bond motifs is 1. The molecule has 0 aromatic carbocycles. The Hall–Kier alpha value is -1.13. The van der Waals surface area contributed by atoms with Gasteiger partial charge in [0.1, 0.15) is 0 Å². The molecule has 3 rings (SSSR count). The van der Waals surface area contributed by atoms with E-state index in [-0.39, 0.29) is 0 Å². The van der Waals surface area contributed by atoms with Crippen molar-refractivity contribution in [3.05, 3.63) is 40.2 Å². The van der Waals surface area contributed by atoms with Crippen LogP contribution < -0.4 is 0 Å². The highest BCUT2D eigenvalue weighted by atomic mass is 32.1. The van der Waals surface area contributed by atoms with Gasteiger partial charge in [0.2, 0.25) is 0 Å². The molecule has 1 aliphatic heterocycles. The third-order valence-electron chi connectivity index (χ3n) is 2.74. The van der Waals surface area contributed by atoms with Gasteiger partial charge in [-0.25, -0.2) is 4.98 Å². The number of hydrogen-bond donors (Lipinski definition) is 0. The molecule has 0 saturated carbocycles. The minimum atomic E-state index is 0.980. The maximum absolute atomic E-state index is 5.07. The first-order valence-electron chi connectivity index (χ1n) is 5.06. The number of nitrogens with zero attached hydrogens (tertiary/aromatic N) is 2. The zero-order valence-corrected chi connectivity index (χ0v) is 9.17. The quantitative estimate of drug-likeness (QED) is 0.777. The molecule has 0 radical (unpaired) electrons. The highest BCUT2D eigenvalue weighted by molar-refractivity contribution is 7.09. The summed E-state index contributed by atoms with van der Waals surface area (Å²) in [6.07, 6.45) is 4.64. The maximum atomic E-state index is 5.07. The summed E-state index contributed by atoms with van der Waals surface area (Å²) < 4.78 is 5.07. The summed E-state index contributed by atoms with van der Waals surface area (Å²) in [6.45, 7) is 3.11. The van der Waals surface area contributed by atoms with Gasteiger partial charge in [0.15, 0.2) is 0 Å². The number of thiazole rings is 1. The number of aromatic nitrogens is 1. The first-order chi connectivity index (χ1) is 7.42. The topological polar surface area (TPSA) is 29.3 Å². The monoisotopic (exact) mass is 220 g/mol. The molecular formula is C11H12N2OS. The highest BCUT2D eigenvalue weighted by Crippen LogP contribution is 2.22. The second-order valence-corrected chi connectivity index (χ2v) is 4.75. The summed E-state index contributed by atoms with van der Waals surface area (Å²) in [7, 11) is 0. The van der Waals surface area contributed by atoms with Gasteiger partial charge in [-0.2, -0.15) is 0 Å². The van der Waals surface area contributed by atoms with Gasteiger partial charge in [-0.05, 0) is 6.07 Å². The molecule has 0 unspecified atom stereocenters. The van der Waals surface area contributed by atoms with Gasteiger partial charge in [-0.15, -0.1) is 11.3 Å². The lowest BCUT2D eigenvalue weighted by Crippen LogP contribution is -2.29. The third-order valence-corrected chi connectivity index (χ3v) is 3.60. The Labute approximate surface area is 92.4 Å². The molecule has 0 fully saturated rings. The molecule has 0 amide bonds. The summed E-state index contributed by atoms with van der Waals surface area (Å²) in [5.41, 5.74) is 4.50. The van der Waals surface area contributed by atoms with Crippen molar-refractivity contribution in [3.8, 4) is 0 Å². The van der Waals surface area contributed by atoms with Crippen LogP contribution in [0.3, 0.4) is 0 Å². The van der Waals surface area contributed by atoms with Crippen molar-refractivity contribution >= 4 is 11.3 Å². The van der Waals surface area contributed by atoms with Crippen molar-refractivity contribution in [1.82, 2.24) is 9.88 Å². The summed E-state index contributed by atoms with van der Waals surface area (Å²) in [5, 5.41) is 0. The summed E-state index contributed by atoms with van der Waals surface area (Å²) in [6, 6.07) is 2.03. The molecule has 2 aromatic rings. The van der Waals surface area contributed by atoms with Crippen LogP contribution in [0, 0.1) is 0 Å². The molecule has 0 atom stereocenters. The molecule has 2 aromatic heterocycles. The molecule has 1 aliphatic rings. The normalized spacial score (nSPS) is 16.5. The van der Waals surface area contributed by atoms with Crippen molar-refractivity contribution in [3.63, 3.8) is 0 Å². The third kappa shape index (κ3) is 1.82. The van der Waals surface area contributed by atoms with Crippen molar-refractivity contribution in [1.29, 1.82) is 0 Å². The minimum Gasteiger partial charge on any atom is -0.472 e. The van der Waals surface area contributed by atoms with Crippen LogP contribution in [0.1, 0.15) is 16.1 Å². The van der Waals surface area contributed by atoms with Gasteiger partial charge < -0.3 is 4.42 Å². The molecule has 0 bridgehead atoms. The average Bonchev–Trinajstić information content (AvgIpc) is 2.87. The second-order valence-electron chi connectivity index (χ2n) is 3.81. The Kier molecular flexibility index (Phi) is 2.31. The Morgan fingerprint density at radius 1 is 1.53 bits per heavy atom. The second kappa shape index (κ2) is 3.79. The van der Waals surface area contributed by atoms with E-state index in [0.717, 1.165) is 26.1 Å². The Morgan fingerprint density at radius 3 is 3.40 bits per heavy atom. The van der Waals surface area contributed by atoms with Gasteiger partial charge in [0.25, 0.3) is 0 Å². The van der Waals surface area contributed by atoms with E-state index in [9.17, 15) is 0 Å². The minimum absolute atomic E-state index is 0.980. The van der Waals surface area contributed by atoms with E-state index >= 15 is 0 Å². The predicted octanol–water partition coefficient (Wildman–Crippen LogP) is 2.29. The van der Waals surface area contributed by atoms with Crippen LogP contribution >= 0.6 is 11.3 Å². The lowest BCUT2D eigenvalue weighted by Gasteiger charge is -2.25. The molecule has 78 valence electrons. The van der Waals surface area contributed by atoms with Crippen LogP contribution in [0.2, 0.25) is 0 Å². The first-order valence-corrected chi connectivity index (χ1v) is 5.94. The zero-order chi connectivity index (χ0) is 10.1. The fourth-order valence-electron chi connectivity index (χ4n) is 1.95. The maximum Gasteiger partial charge on any atom is 0.0947 e. The fraction of sp³-hybridized carbons (Fsp3) is 0.364. The van der Waals surface area contributed by atoms with E-state index in [4.69, 9.17) is 4.42 Å². The van der Waals surface area contributed by atoms with E-state index in [1.807, 2.05) is 17.8 Å². The number of hydrogen-bond acceptors (Lipinski definition) is 4. The Morgan fingerprint density at radius 2 is 2.53 bits per heavy atom. The van der Waals surface area contributed by atoms with Crippen molar-refractivity contribution in [2.24, 2.45) is 0 Å². The van der Waals surface area contributed by atoms with E-state index in [0.29, 0.717) is 0 Å². The molecule has 0 N–H and O–H groups in total. The van der Waals surface area contributed by atoms with Crippen LogP contribution in [0.15, 0.2) is 28.5 Å². The Bertz CT molecular complexity index is 435. The smallest absolute Gasteiger partial charge is 0.0947 e. The Balaban J connectivity index is 1.71. The van der Waals surface area contributed by atoms with Gasteiger partial charge in [-0.3, -0.25) is 4.90 Å². The van der Waals surface area contributed by atoms with E-state index < -0.39 is 0 Å². The molecule has 15 heavy (non-hydrogen) atoms. The van der Waals surface area contributed by atoms with Crippen LogP contribution in [-0.2, 0) is 19.5 Å². The number of rotatable bonds is 2. The standard InChI is InChI=1S/C11H12N2OS/c1-3-13(5-9-2-4-14-7-9)6-11-10(1)12-8-15-11/h2,4,7-8H,1,3,5-6H2. The van der Waals surface area contributed by atoms with E-state index in [2.05, 4.69) is 9.88 Å². The van der Waals surface area contributed by atoms with Crippen molar-refractivity contribution in [2.75, 3.05) is 6.54 Å². The summed E-state index contributed by atoms with van der Waals surface area (Å²) in [4.78, 5) is 8.22. The van der Waals surface area contributed by atoms with Gasteiger partial charge in [0, 0.05) is 36.5 Å². The van der Waals surface area contributed by atoms with Gasteiger partial charge in [-0.1, -0.05) is 0 Å². The molecule has 3 nitrogen and oxygen atoms in total.